The first-order valence-corrected chi connectivity index (χ1v) is 10.3. The van der Waals surface area contributed by atoms with E-state index in [0.29, 0.717) is 50.3 Å². The van der Waals surface area contributed by atoms with Crippen LogP contribution in [0.1, 0.15) is 50.4 Å². The number of fused-ring (bicyclic) bond motifs is 1. The number of benzene rings is 1. The number of amides is 3. The van der Waals surface area contributed by atoms with Crippen molar-refractivity contribution in [1.29, 1.82) is 0 Å². The van der Waals surface area contributed by atoms with Crippen molar-refractivity contribution in [2.75, 3.05) is 26.2 Å². The molecular weight excluding hydrogens is 370 g/mol. The highest BCUT2D eigenvalue weighted by Crippen LogP contribution is 2.34. The second kappa shape index (κ2) is 7.04. The first kappa shape index (κ1) is 19.7. The number of piperidine rings is 1. The number of likely N-dealkylation sites (tertiary alicyclic amines) is 2. The number of hydrogen-bond acceptors (Lipinski definition) is 4. The zero-order valence-corrected chi connectivity index (χ0v) is 17.4. The molecule has 29 heavy (non-hydrogen) atoms. The molecule has 0 bridgehead atoms. The number of carbonyl (C=O) groups excluding carboxylic acids is 3. The van der Waals surface area contributed by atoms with Crippen LogP contribution in [-0.2, 0) is 9.59 Å². The van der Waals surface area contributed by atoms with Crippen molar-refractivity contribution in [3.63, 3.8) is 0 Å². The van der Waals surface area contributed by atoms with E-state index in [-0.39, 0.29) is 35.6 Å². The van der Waals surface area contributed by atoms with Crippen molar-refractivity contribution in [3.8, 4) is 5.75 Å². The van der Waals surface area contributed by atoms with Gasteiger partial charge in [0.25, 0.3) is 5.91 Å². The maximum atomic E-state index is 13.0. The fourth-order valence-electron chi connectivity index (χ4n) is 4.54. The molecule has 7 heteroatoms. The van der Waals surface area contributed by atoms with Crippen molar-refractivity contribution in [3.05, 3.63) is 29.8 Å². The lowest BCUT2D eigenvalue weighted by Crippen LogP contribution is -2.55. The lowest BCUT2D eigenvalue weighted by Gasteiger charge is -2.41. The van der Waals surface area contributed by atoms with E-state index in [9.17, 15) is 14.4 Å². The Morgan fingerprint density at radius 1 is 1.17 bits per heavy atom. The molecule has 7 nitrogen and oxygen atoms in total. The Balaban J connectivity index is 1.42. The van der Waals surface area contributed by atoms with Crippen LogP contribution >= 0.6 is 0 Å². The van der Waals surface area contributed by atoms with E-state index in [1.807, 2.05) is 48.8 Å². The Kier molecular flexibility index (Phi) is 4.79. The summed E-state index contributed by atoms with van der Waals surface area (Å²) >= 11 is 0. The van der Waals surface area contributed by atoms with Gasteiger partial charge in [-0.3, -0.25) is 14.4 Å². The van der Waals surface area contributed by atoms with Crippen molar-refractivity contribution in [2.45, 2.75) is 51.2 Å². The average molecular weight is 399 g/mol. The van der Waals surface area contributed by atoms with Crippen LogP contribution in [0.3, 0.4) is 0 Å². The molecule has 1 atom stereocenters. The van der Waals surface area contributed by atoms with E-state index >= 15 is 0 Å². The van der Waals surface area contributed by atoms with Crippen molar-refractivity contribution in [1.82, 2.24) is 15.1 Å². The predicted octanol–water partition coefficient (Wildman–Crippen LogP) is 1.82. The standard InChI is InChI=1S/C22H29N3O4/c1-21(2,3)25-13-15(12-18(25)26)20(28)24-10-8-22(9-11-24)14-23-19(27)16-6-4-5-7-17(16)29-22/h4-7,15H,8-14H2,1-3H3,(H,23,27). The molecule has 1 N–H and O–H groups in total. The molecule has 2 fully saturated rings. The quantitative estimate of drug-likeness (QED) is 0.781. The molecule has 0 aliphatic carbocycles. The molecule has 0 aromatic heterocycles. The highest BCUT2D eigenvalue weighted by molar-refractivity contribution is 5.97. The average Bonchev–Trinajstić information content (AvgIpc) is 3.03. The molecule has 4 rings (SSSR count). The third kappa shape index (κ3) is 3.70. The second-order valence-electron chi connectivity index (χ2n) is 9.37. The normalized spacial score (nSPS) is 24.0. The Labute approximate surface area is 171 Å². The van der Waals surface area contributed by atoms with Gasteiger partial charge >= 0.3 is 0 Å². The lowest BCUT2D eigenvalue weighted by molar-refractivity contribution is -0.139. The van der Waals surface area contributed by atoms with Gasteiger partial charge in [0.15, 0.2) is 0 Å². The summed E-state index contributed by atoms with van der Waals surface area (Å²) in [5, 5.41) is 2.97. The largest absolute Gasteiger partial charge is 0.484 e. The molecule has 0 radical (unpaired) electrons. The second-order valence-corrected chi connectivity index (χ2v) is 9.37. The first-order valence-electron chi connectivity index (χ1n) is 10.3. The topological polar surface area (TPSA) is 79.0 Å². The number of hydrogen-bond donors (Lipinski definition) is 1. The molecule has 3 amide bonds. The Bertz CT molecular complexity index is 837. The summed E-state index contributed by atoms with van der Waals surface area (Å²) in [5.41, 5.74) is -0.213. The van der Waals surface area contributed by atoms with Gasteiger partial charge in [-0.05, 0) is 32.9 Å². The Hall–Kier alpha value is -2.57. The fraction of sp³-hybridized carbons (Fsp3) is 0.591. The summed E-state index contributed by atoms with van der Waals surface area (Å²) in [6.45, 7) is 8.05. The maximum Gasteiger partial charge on any atom is 0.255 e. The van der Waals surface area contributed by atoms with E-state index in [1.54, 1.807) is 6.07 Å². The van der Waals surface area contributed by atoms with Crippen LogP contribution in [0.25, 0.3) is 0 Å². The molecule has 2 saturated heterocycles. The molecule has 1 spiro atoms. The minimum absolute atomic E-state index is 0.0516. The van der Waals surface area contributed by atoms with Crippen LogP contribution in [0.5, 0.6) is 5.75 Å². The van der Waals surface area contributed by atoms with Gasteiger partial charge in [0, 0.05) is 44.4 Å². The van der Waals surface area contributed by atoms with Crippen molar-refractivity contribution >= 4 is 17.7 Å². The molecule has 1 unspecified atom stereocenters. The summed E-state index contributed by atoms with van der Waals surface area (Å²) in [6, 6.07) is 7.28. The maximum absolute atomic E-state index is 13.0. The zero-order valence-electron chi connectivity index (χ0n) is 17.4. The minimum atomic E-state index is -0.498. The van der Waals surface area contributed by atoms with E-state index in [1.165, 1.54) is 0 Å². The lowest BCUT2D eigenvalue weighted by atomic mass is 9.90. The molecule has 1 aromatic rings. The molecule has 0 saturated carbocycles. The molecule has 156 valence electrons. The molecule has 1 aromatic carbocycles. The van der Waals surface area contributed by atoms with Crippen molar-refractivity contribution < 1.29 is 19.1 Å². The van der Waals surface area contributed by atoms with Gasteiger partial charge in [0.05, 0.1) is 18.0 Å². The van der Waals surface area contributed by atoms with Crippen LogP contribution in [0.2, 0.25) is 0 Å². The smallest absolute Gasteiger partial charge is 0.255 e. The van der Waals surface area contributed by atoms with Crippen LogP contribution in [0.15, 0.2) is 24.3 Å². The van der Waals surface area contributed by atoms with E-state index < -0.39 is 5.60 Å². The number of rotatable bonds is 1. The van der Waals surface area contributed by atoms with Gasteiger partial charge in [-0.1, -0.05) is 12.1 Å². The third-order valence-electron chi connectivity index (χ3n) is 6.30. The van der Waals surface area contributed by atoms with E-state index in [4.69, 9.17) is 4.74 Å². The molecular formula is C22H29N3O4. The van der Waals surface area contributed by atoms with Gasteiger partial charge in [0.1, 0.15) is 11.4 Å². The van der Waals surface area contributed by atoms with Crippen molar-refractivity contribution in [2.24, 2.45) is 5.92 Å². The number of para-hydroxylation sites is 1. The number of nitrogens with zero attached hydrogens (tertiary/aromatic N) is 2. The van der Waals surface area contributed by atoms with Gasteiger partial charge in [-0.15, -0.1) is 0 Å². The van der Waals surface area contributed by atoms with E-state index in [0.717, 1.165) is 0 Å². The first-order chi connectivity index (χ1) is 13.7. The zero-order chi connectivity index (χ0) is 20.8. The summed E-state index contributed by atoms with van der Waals surface area (Å²) in [5.74, 6) is 0.312. The van der Waals surface area contributed by atoms with Crippen LogP contribution in [-0.4, -0.2) is 64.8 Å². The highest BCUT2D eigenvalue weighted by atomic mass is 16.5. The van der Waals surface area contributed by atoms with E-state index in [2.05, 4.69) is 5.32 Å². The summed E-state index contributed by atoms with van der Waals surface area (Å²) in [6.07, 6.45) is 1.59. The summed E-state index contributed by atoms with van der Waals surface area (Å²) in [4.78, 5) is 41.4. The van der Waals surface area contributed by atoms with Crippen LogP contribution in [0.4, 0.5) is 0 Å². The monoisotopic (exact) mass is 399 g/mol. The Morgan fingerprint density at radius 2 is 1.86 bits per heavy atom. The minimum Gasteiger partial charge on any atom is -0.484 e. The number of carbonyl (C=O) groups is 3. The van der Waals surface area contributed by atoms with Gasteiger partial charge in [-0.2, -0.15) is 0 Å². The number of nitrogens with one attached hydrogen (secondary N) is 1. The molecule has 3 aliphatic rings. The number of ether oxygens (including phenoxy) is 1. The summed E-state index contributed by atoms with van der Waals surface area (Å²) < 4.78 is 6.30. The van der Waals surface area contributed by atoms with Gasteiger partial charge in [-0.25, -0.2) is 0 Å². The van der Waals surface area contributed by atoms with Gasteiger partial charge in [0.2, 0.25) is 11.8 Å². The predicted molar refractivity (Wildman–Crippen MR) is 108 cm³/mol. The fourth-order valence-corrected chi connectivity index (χ4v) is 4.54. The van der Waals surface area contributed by atoms with Crippen LogP contribution < -0.4 is 10.1 Å². The molecule has 3 aliphatic heterocycles. The molecule has 3 heterocycles. The SMILES string of the molecule is CC(C)(C)N1CC(C(=O)N2CCC3(CC2)CNC(=O)c2ccccc2O3)CC1=O. The summed E-state index contributed by atoms with van der Waals surface area (Å²) in [7, 11) is 0. The van der Waals surface area contributed by atoms with Gasteiger partial charge < -0.3 is 19.9 Å². The van der Waals surface area contributed by atoms with Crippen LogP contribution in [0, 0.1) is 5.92 Å². The Morgan fingerprint density at radius 3 is 2.52 bits per heavy atom. The highest BCUT2D eigenvalue weighted by Gasteiger charge is 2.44. The third-order valence-corrected chi connectivity index (χ3v) is 6.30.